The van der Waals surface area contributed by atoms with Crippen LogP contribution in [0.3, 0.4) is 0 Å². The van der Waals surface area contributed by atoms with E-state index in [1.165, 1.54) is 44.6 Å². The maximum atomic E-state index is 12.8. The summed E-state index contributed by atoms with van der Waals surface area (Å²) in [7, 11) is -1.32. The molecule has 2 aromatic carbocycles. The average Bonchev–Trinajstić information content (AvgIpc) is 3.12. The lowest BCUT2D eigenvalue weighted by atomic mass is 10.2. The summed E-state index contributed by atoms with van der Waals surface area (Å²) in [5, 5.41) is 0.178. The number of ether oxygens (including phenoxy) is 4. The second-order valence-electron chi connectivity index (χ2n) is 6.17. The highest BCUT2D eigenvalue weighted by molar-refractivity contribution is 7.92. The van der Waals surface area contributed by atoms with Crippen LogP contribution in [0.5, 0.6) is 11.5 Å². The molecule has 1 atom stereocenters. The summed E-state index contributed by atoms with van der Waals surface area (Å²) in [6.07, 6.45) is -0.746. The van der Waals surface area contributed by atoms with Gasteiger partial charge in [0.2, 0.25) is 6.10 Å². The summed E-state index contributed by atoms with van der Waals surface area (Å²) in [6, 6.07) is 8.00. The average molecular weight is 456 g/mol. The van der Waals surface area contributed by atoms with Gasteiger partial charge in [-0.3, -0.25) is 4.72 Å². The van der Waals surface area contributed by atoms with Gasteiger partial charge in [-0.1, -0.05) is 17.7 Å². The number of hydrogen-bond acceptors (Lipinski definition) is 8. The third-order valence-electron chi connectivity index (χ3n) is 4.23. The predicted molar refractivity (Wildman–Crippen MR) is 107 cm³/mol. The van der Waals surface area contributed by atoms with Crippen LogP contribution < -0.4 is 14.2 Å². The first-order valence-electron chi connectivity index (χ1n) is 8.67. The lowest BCUT2D eigenvalue weighted by molar-refractivity contribution is -0.145. The number of cyclic esters (lactones) is 1. The number of rotatable bonds is 7. The highest BCUT2D eigenvalue weighted by Gasteiger charge is 2.31. The first-order valence-corrected chi connectivity index (χ1v) is 10.5. The Morgan fingerprint density at radius 3 is 2.53 bits per heavy atom. The zero-order valence-corrected chi connectivity index (χ0v) is 17.6. The molecule has 0 aliphatic carbocycles. The topological polar surface area (TPSA) is 117 Å². The Morgan fingerprint density at radius 1 is 1.17 bits per heavy atom. The molecule has 30 heavy (non-hydrogen) atoms. The van der Waals surface area contributed by atoms with E-state index in [2.05, 4.69) is 4.72 Å². The van der Waals surface area contributed by atoms with Crippen LogP contribution in [0.15, 0.2) is 41.3 Å². The summed E-state index contributed by atoms with van der Waals surface area (Å²) in [4.78, 5) is 23.6. The number of halogens is 1. The minimum Gasteiger partial charge on any atom is -0.495 e. The summed E-state index contributed by atoms with van der Waals surface area (Å²) in [5.41, 5.74) is 0.0577. The van der Waals surface area contributed by atoms with Crippen molar-refractivity contribution in [1.82, 2.24) is 0 Å². The summed E-state index contributed by atoms with van der Waals surface area (Å²) >= 11 is 6.08. The van der Waals surface area contributed by atoms with Crippen molar-refractivity contribution in [2.24, 2.45) is 0 Å². The van der Waals surface area contributed by atoms with Crippen molar-refractivity contribution in [2.45, 2.75) is 17.4 Å². The molecule has 0 aromatic heterocycles. The molecule has 11 heteroatoms. The zero-order chi connectivity index (χ0) is 21.9. The lowest BCUT2D eigenvalue weighted by Gasteiger charge is -2.14. The molecule has 0 unspecified atom stereocenters. The van der Waals surface area contributed by atoms with E-state index >= 15 is 0 Å². The first kappa shape index (κ1) is 21.7. The van der Waals surface area contributed by atoms with Crippen molar-refractivity contribution in [1.29, 1.82) is 0 Å². The van der Waals surface area contributed by atoms with Crippen molar-refractivity contribution in [2.75, 3.05) is 25.5 Å². The Morgan fingerprint density at radius 2 is 1.90 bits per heavy atom. The predicted octanol–water partition coefficient (Wildman–Crippen LogP) is 2.63. The minimum absolute atomic E-state index is 0.0303. The normalized spacial score (nSPS) is 16.0. The van der Waals surface area contributed by atoms with Crippen LogP contribution >= 0.6 is 11.6 Å². The molecular weight excluding hydrogens is 438 g/mol. The van der Waals surface area contributed by atoms with Gasteiger partial charge >= 0.3 is 11.9 Å². The van der Waals surface area contributed by atoms with Crippen LogP contribution in [0, 0.1) is 0 Å². The van der Waals surface area contributed by atoms with Gasteiger partial charge in [0.25, 0.3) is 10.0 Å². The van der Waals surface area contributed by atoms with Gasteiger partial charge in [0.15, 0.2) is 0 Å². The smallest absolute Gasteiger partial charge is 0.347 e. The van der Waals surface area contributed by atoms with Crippen molar-refractivity contribution >= 4 is 39.3 Å². The molecular formula is C19H18ClNO8S. The maximum Gasteiger partial charge on any atom is 0.347 e. The van der Waals surface area contributed by atoms with Crippen LogP contribution in [-0.4, -0.2) is 47.3 Å². The fourth-order valence-corrected chi connectivity index (χ4v) is 4.06. The van der Waals surface area contributed by atoms with Gasteiger partial charge in [0.1, 0.15) is 11.5 Å². The molecule has 2 aromatic rings. The molecule has 0 bridgehead atoms. The SMILES string of the molecule is COc1cc(OC)c(NS(=O)(=O)c2cccc(C(=O)O[C@@H]3CCOC3=O)c2)cc1Cl. The van der Waals surface area contributed by atoms with Gasteiger partial charge in [-0.15, -0.1) is 0 Å². The van der Waals surface area contributed by atoms with Gasteiger partial charge in [-0.2, -0.15) is 0 Å². The molecule has 0 amide bonds. The summed E-state index contributed by atoms with van der Waals surface area (Å²) < 4.78 is 48.2. The third-order valence-corrected chi connectivity index (χ3v) is 5.89. The number of sulfonamides is 1. The number of carbonyl (C=O) groups excluding carboxylic acids is 2. The number of hydrogen-bond donors (Lipinski definition) is 1. The monoisotopic (exact) mass is 455 g/mol. The summed E-state index contributed by atoms with van der Waals surface area (Å²) in [5.74, 6) is -0.958. The van der Waals surface area contributed by atoms with Crippen molar-refractivity contribution in [3.63, 3.8) is 0 Å². The zero-order valence-electron chi connectivity index (χ0n) is 16.0. The maximum absolute atomic E-state index is 12.8. The van der Waals surface area contributed by atoms with Gasteiger partial charge in [-0.25, -0.2) is 18.0 Å². The number of nitrogens with one attached hydrogen (secondary N) is 1. The van der Waals surface area contributed by atoms with E-state index in [4.69, 9.17) is 30.5 Å². The molecule has 1 heterocycles. The van der Waals surface area contributed by atoms with E-state index in [1.54, 1.807) is 0 Å². The Kier molecular flexibility index (Phi) is 6.37. The Hall–Kier alpha value is -2.98. The van der Waals surface area contributed by atoms with E-state index < -0.39 is 28.1 Å². The second-order valence-corrected chi connectivity index (χ2v) is 8.26. The highest BCUT2D eigenvalue weighted by atomic mass is 35.5. The molecule has 0 radical (unpaired) electrons. The molecule has 0 saturated carbocycles. The molecule has 1 N–H and O–H groups in total. The first-order chi connectivity index (χ1) is 14.2. The Labute approximate surface area is 177 Å². The molecule has 1 fully saturated rings. The molecule has 3 rings (SSSR count). The van der Waals surface area contributed by atoms with E-state index in [0.717, 1.165) is 6.07 Å². The number of carbonyl (C=O) groups is 2. The Balaban J connectivity index is 1.85. The van der Waals surface area contributed by atoms with E-state index in [9.17, 15) is 18.0 Å². The number of esters is 2. The van der Waals surface area contributed by atoms with Gasteiger partial charge in [0, 0.05) is 12.5 Å². The molecule has 1 saturated heterocycles. The van der Waals surface area contributed by atoms with Gasteiger partial charge in [-0.05, 0) is 24.3 Å². The van der Waals surface area contributed by atoms with Gasteiger partial charge in [0.05, 0.1) is 42.0 Å². The van der Waals surface area contributed by atoms with Crippen LogP contribution in [0.4, 0.5) is 5.69 Å². The third kappa shape index (κ3) is 4.60. The van der Waals surface area contributed by atoms with Gasteiger partial charge < -0.3 is 18.9 Å². The van der Waals surface area contributed by atoms with Crippen molar-refractivity contribution < 1.29 is 37.0 Å². The number of methoxy groups -OCH3 is 2. The second kappa shape index (κ2) is 8.80. The number of benzene rings is 2. The molecule has 1 aliphatic rings. The molecule has 9 nitrogen and oxygen atoms in total. The lowest BCUT2D eigenvalue weighted by Crippen LogP contribution is -2.23. The molecule has 1 aliphatic heterocycles. The quantitative estimate of drug-likeness (QED) is 0.633. The molecule has 160 valence electrons. The van der Waals surface area contributed by atoms with Crippen molar-refractivity contribution in [3.8, 4) is 11.5 Å². The Bertz CT molecular complexity index is 1090. The van der Waals surface area contributed by atoms with Crippen LogP contribution in [0.1, 0.15) is 16.8 Å². The fourth-order valence-electron chi connectivity index (χ4n) is 2.72. The van der Waals surface area contributed by atoms with Crippen molar-refractivity contribution in [3.05, 3.63) is 47.0 Å². The largest absolute Gasteiger partial charge is 0.495 e. The highest BCUT2D eigenvalue weighted by Crippen LogP contribution is 2.37. The van der Waals surface area contributed by atoms with Crippen LogP contribution in [-0.2, 0) is 24.3 Å². The number of anilines is 1. The van der Waals surface area contributed by atoms with E-state index in [0.29, 0.717) is 5.75 Å². The fraction of sp³-hybridized carbons (Fsp3) is 0.263. The summed E-state index contributed by atoms with van der Waals surface area (Å²) in [6.45, 7) is 0.168. The van der Waals surface area contributed by atoms with Crippen LogP contribution in [0.25, 0.3) is 0 Å². The molecule has 0 spiro atoms. The van der Waals surface area contributed by atoms with Crippen LogP contribution in [0.2, 0.25) is 5.02 Å². The standard InChI is InChI=1S/C19H18ClNO8S/c1-26-16-10-17(27-2)14(9-13(16)20)21-30(24,25)12-5-3-4-11(8-12)18(22)29-15-6-7-28-19(15)23/h3-5,8-10,15,21H,6-7H2,1-2H3/t15-/m1/s1. The minimum atomic E-state index is -4.11. The van der Waals surface area contributed by atoms with E-state index in [1.807, 2.05) is 0 Å². The van der Waals surface area contributed by atoms with E-state index in [-0.39, 0.29) is 39.9 Å².